The van der Waals surface area contributed by atoms with E-state index in [1.54, 1.807) is 13.0 Å². The van der Waals surface area contributed by atoms with Gasteiger partial charge in [-0.15, -0.1) is 0 Å². The summed E-state index contributed by atoms with van der Waals surface area (Å²) in [7, 11) is -2.49. The monoisotopic (exact) mass is 361 g/mol. The van der Waals surface area contributed by atoms with Crippen LogP contribution in [0.25, 0.3) is 6.08 Å². The van der Waals surface area contributed by atoms with Gasteiger partial charge < -0.3 is 9.84 Å². The molecule has 0 heterocycles. The zero-order chi connectivity index (χ0) is 18.4. The molecule has 0 radical (unpaired) electrons. The van der Waals surface area contributed by atoms with Crippen molar-refractivity contribution < 1.29 is 23.1 Å². The van der Waals surface area contributed by atoms with Crippen molar-refractivity contribution >= 4 is 22.1 Å². The molecule has 0 aliphatic carbocycles. The molecular formula is C18H19NO5S. The highest BCUT2D eigenvalue weighted by Crippen LogP contribution is 2.27. The summed E-state index contributed by atoms with van der Waals surface area (Å²) in [6, 6.07) is 13.2. The number of methoxy groups -OCH3 is 1. The molecule has 2 rings (SSSR count). The third-order valence-corrected chi connectivity index (χ3v) is 5.09. The molecule has 0 fully saturated rings. The summed E-state index contributed by atoms with van der Waals surface area (Å²) in [5.74, 6) is -0.934. The first kappa shape index (κ1) is 18.7. The summed E-state index contributed by atoms with van der Waals surface area (Å²) in [5, 5.41) is 8.71. The first-order chi connectivity index (χ1) is 11.8. The molecule has 2 aromatic rings. The van der Waals surface area contributed by atoms with Gasteiger partial charge in [-0.3, -0.25) is 0 Å². The molecule has 1 atom stereocenters. The quantitative estimate of drug-likeness (QED) is 0.740. The highest BCUT2D eigenvalue weighted by molar-refractivity contribution is 7.89. The van der Waals surface area contributed by atoms with Gasteiger partial charge in [-0.25, -0.2) is 17.9 Å². The number of rotatable bonds is 7. The molecule has 1 unspecified atom stereocenters. The fourth-order valence-electron chi connectivity index (χ4n) is 2.28. The van der Waals surface area contributed by atoms with Crippen molar-refractivity contribution in [3.8, 4) is 5.75 Å². The van der Waals surface area contributed by atoms with E-state index in [2.05, 4.69) is 4.72 Å². The molecule has 2 N–H and O–H groups in total. The van der Waals surface area contributed by atoms with E-state index in [0.29, 0.717) is 5.56 Å². The van der Waals surface area contributed by atoms with Gasteiger partial charge in [0.2, 0.25) is 10.0 Å². The van der Waals surface area contributed by atoms with Gasteiger partial charge in [0.1, 0.15) is 10.6 Å². The Hall–Kier alpha value is -2.64. The van der Waals surface area contributed by atoms with Gasteiger partial charge in [0.15, 0.2) is 0 Å². The number of carbonyl (C=O) groups is 1. The topological polar surface area (TPSA) is 92.7 Å². The van der Waals surface area contributed by atoms with Gasteiger partial charge in [0.05, 0.1) is 7.11 Å². The first-order valence-corrected chi connectivity index (χ1v) is 8.98. The lowest BCUT2D eigenvalue weighted by Gasteiger charge is -2.16. The van der Waals surface area contributed by atoms with Crippen molar-refractivity contribution in [1.82, 2.24) is 4.72 Å². The number of aliphatic carboxylic acids is 1. The molecule has 2 aromatic carbocycles. The number of nitrogens with one attached hydrogen (secondary N) is 1. The minimum Gasteiger partial charge on any atom is -0.495 e. The van der Waals surface area contributed by atoms with Crippen molar-refractivity contribution in [2.75, 3.05) is 7.11 Å². The van der Waals surface area contributed by atoms with Crippen molar-refractivity contribution in [3.05, 3.63) is 65.7 Å². The van der Waals surface area contributed by atoms with E-state index in [0.717, 1.165) is 11.6 Å². The molecule has 132 valence electrons. The maximum atomic E-state index is 12.8. The largest absolute Gasteiger partial charge is 0.495 e. The molecule has 0 aliphatic rings. The van der Waals surface area contributed by atoms with Gasteiger partial charge in [-0.05, 0) is 36.3 Å². The number of benzene rings is 2. The molecule has 0 saturated carbocycles. The Labute approximate surface area is 146 Å². The predicted molar refractivity (Wildman–Crippen MR) is 94.8 cm³/mol. The average molecular weight is 361 g/mol. The van der Waals surface area contributed by atoms with E-state index in [1.165, 1.54) is 25.3 Å². The van der Waals surface area contributed by atoms with Crippen LogP contribution in [-0.2, 0) is 14.8 Å². The van der Waals surface area contributed by atoms with Gasteiger partial charge in [0, 0.05) is 12.1 Å². The lowest BCUT2D eigenvalue weighted by molar-refractivity contribution is -0.131. The zero-order valence-corrected chi connectivity index (χ0v) is 14.7. The Balaban J connectivity index is 2.36. The molecule has 0 bridgehead atoms. The average Bonchev–Trinajstić information content (AvgIpc) is 2.60. The van der Waals surface area contributed by atoms with Crippen molar-refractivity contribution in [2.45, 2.75) is 17.9 Å². The van der Waals surface area contributed by atoms with Crippen molar-refractivity contribution in [1.29, 1.82) is 0 Å². The molecule has 0 aliphatic heterocycles. The summed E-state index contributed by atoms with van der Waals surface area (Å²) in [6.07, 6.45) is 2.26. The number of carboxylic acids is 1. The normalized spacial score (nSPS) is 12.9. The lowest BCUT2D eigenvalue weighted by atomic mass is 10.1. The summed E-state index contributed by atoms with van der Waals surface area (Å²) in [4.78, 5) is 10.6. The van der Waals surface area contributed by atoms with E-state index in [4.69, 9.17) is 9.84 Å². The molecule has 6 nitrogen and oxygen atoms in total. The van der Waals surface area contributed by atoms with E-state index in [1.807, 2.05) is 30.3 Å². The number of hydrogen-bond acceptors (Lipinski definition) is 4. The van der Waals surface area contributed by atoms with E-state index in [9.17, 15) is 13.2 Å². The molecule has 7 heteroatoms. The highest BCUT2D eigenvalue weighted by atomic mass is 32.2. The SMILES string of the molecule is COc1ccc(/C=C/C(=O)O)cc1S(=O)(=O)NC(C)c1ccccc1. The second-order valence-electron chi connectivity index (χ2n) is 5.34. The van der Waals surface area contributed by atoms with Crippen LogP contribution in [-0.4, -0.2) is 26.6 Å². The Bertz CT molecular complexity index is 876. The third kappa shape index (κ3) is 4.91. The van der Waals surface area contributed by atoms with Gasteiger partial charge >= 0.3 is 5.97 Å². The number of sulfonamides is 1. The first-order valence-electron chi connectivity index (χ1n) is 7.50. The summed E-state index contributed by atoms with van der Waals surface area (Å²) >= 11 is 0. The summed E-state index contributed by atoms with van der Waals surface area (Å²) in [5.41, 5.74) is 1.27. The van der Waals surface area contributed by atoms with Crippen molar-refractivity contribution in [2.24, 2.45) is 0 Å². The molecule has 0 saturated heterocycles. The summed E-state index contributed by atoms with van der Waals surface area (Å²) < 4.78 is 33.3. The minimum atomic E-state index is -3.87. The van der Waals surface area contributed by atoms with Crippen LogP contribution < -0.4 is 9.46 Å². The van der Waals surface area contributed by atoms with Crippen LogP contribution in [0.5, 0.6) is 5.75 Å². The Morgan fingerprint density at radius 2 is 1.88 bits per heavy atom. The van der Waals surface area contributed by atoms with E-state index < -0.39 is 22.0 Å². The Kier molecular flexibility index (Phi) is 5.95. The maximum absolute atomic E-state index is 12.8. The zero-order valence-electron chi connectivity index (χ0n) is 13.8. The van der Waals surface area contributed by atoms with Gasteiger partial charge in [0.25, 0.3) is 0 Å². The van der Waals surface area contributed by atoms with Crippen LogP contribution >= 0.6 is 0 Å². The molecule has 0 aromatic heterocycles. The smallest absolute Gasteiger partial charge is 0.328 e. The Morgan fingerprint density at radius 1 is 1.20 bits per heavy atom. The van der Waals surface area contributed by atoms with Crippen LogP contribution in [0.15, 0.2) is 59.5 Å². The summed E-state index contributed by atoms with van der Waals surface area (Å²) in [6.45, 7) is 1.74. The van der Waals surface area contributed by atoms with Crippen LogP contribution in [0.3, 0.4) is 0 Å². The number of hydrogen-bond donors (Lipinski definition) is 2. The Morgan fingerprint density at radius 3 is 2.48 bits per heavy atom. The minimum absolute atomic E-state index is 0.0506. The van der Waals surface area contributed by atoms with Crippen LogP contribution in [0, 0.1) is 0 Å². The van der Waals surface area contributed by atoms with Gasteiger partial charge in [-0.2, -0.15) is 0 Å². The van der Waals surface area contributed by atoms with Crippen LogP contribution in [0.1, 0.15) is 24.1 Å². The second-order valence-corrected chi connectivity index (χ2v) is 7.02. The number of carboxylic acid groups (broad SMARTS) is 1. The fraction of sp³-hybridized carbons (Fsp3) is 0.167. The maximum Gasteiger partial charge on any atom is 0.328 e. The third-order valence-electron chi connectivity index (χ3n) is 3.53. The standard InChI is InChI=1S/C18H19NO5S/c1-13(15-6-4-3-5-7-15)19-25(22,23)17-12-14(9-11-18(20)21)8-10-16(17)24-2/h3-13,19H,1-2H3,(H,20,21)/b11-9+. The lowest BCUT2D eigenvalue weighted by Crippen LogP contribution is -2.27. The van der Waals surface area contributed by atoms with E-state index >= 15 is 0 Å². The second kappa shape index (κ2) is 7.96. The predicted octanol–water partition coefficient (Wildman–Crippen LogP) is 2.83. The van der Waals surface area contributed by atoms with Crippen molar-refractivity contribution in [3.63, 3.8) is 0 Å². The van der Waals surface area contributed by atoms with Gasteiger partial charge in [-0.1, -0.05) is 36.4 Å². The molecule has 0 amide bonds. The van der Waals surface area contributed by atoms with Crippen LogP contribution in [0.2, 0.25) is 0 Å². The molecule has 0 spiro atoms. The highest BCUT2D eigenvalue weighted by Gasteiger charge is 2.22. The molecule has 25 heavy (non-hydrogen) atoms. The number of ether oxygens (including phenoxy) is 1. The van der Waals surface area contributed by atoms with Crippen LogP contribution in [0.4, 0.5) is 0 Å². The molecular weight excluding hydrogens is 342 g/mol. The fourth-order valence-corrected chi connectivity index (χ4v) is 3.72. The van der Waals surface area contributed by atoms with E-state index in [-0.39, 0.29) is 10.6 Å².